The fraction of sp³-hybridized carbons (Fsp3) is 1.00. The normalized spacial score (nSPS) is 22.2. The number of nitrogens with zero attached hydrogens (tertiary/aromatic N) is 1. The largest absolute Gasteiger partial charge is 0.300 e. The van der Waals surface area contributed by atoms with Crippen LogP contribution in [0.15, 0.2) is 0 Å². The third kappa shape index (κ3) is 4.24. The Kier molecular flexibility index (Phi) is 7.10. The van der Waals surface area contributed by atoms with Crippen LogP contribution in [0.25, 0.3) is 0 Å². The van der Waals surface area contributed by atoms with Crippen LogP contribution in [0.2, 0.25) is 0 Å². The van der Waals surface area contributed by atoms with E-state index in [1.807, 2.05) is 0 Å². The van der Waals surface area contributed by atoms with E-state index in [0.29, 0.717) is 5.41 Å². The lowest BCUT2D eigenvalue weighted by Gasteiger charge is -2.38. The van der Waals surface area contributed by atoms with Gasteiger partial charge in [-0.15, -0.1) is 0 Å². The van der Waals surface area contributed by atoms with Crippen molar-refractivity contribution in [3.8, 4) is 0 Å². The standard InChI is InChI=1S/C15H30BrN/c1-4-9-15(12-16,10-5-2)13-17-11-7-8-14(17)6-3/h14H,4-13H2,1-3H3. The molecular weight excluding hydrogens is 274 g/mol. The zero-order valence-electron chi connectivity index (χ0n) is 12.0. The third-order valence-electron chi connectivity index (χ3n) is 4.35. The summed E-state index contributed by atoms with van der Waals surface area (Å²) in [5, 5.41) is 1.18. The average molecular weight is 304 g/mol. The lowest BCUT2D eigenvalue weighted by Crippen LogP contribution is -2.41. The maximum Gasteiger partial charge on any atom is 0.0100 e. The highest BCUT2D eigenvalue weighted by Gasteiger charge is 2.33. The quantitative estimate of drug-likeness (QED) is 0.580. The average Bonchev–Trinajstić information content (AvgIpc) is 2.76. The predicted octanol–water partition coefficient (Wildman–Crippen LogP) is 4.84. The molecular formula is C15H30BrN. The maximum atomic E-state index is 3.80. The minimum Gasteiger partial charge on any atom is -0.300 e. The Balaban J connectivity index is 2.63. The van der Waals surface area contributed by atoms with E-state index in [1.165, 1.54) is 63.4 Å². The van der Waals surface area contributed by atoms with E-state index < -0.39 is 0 Å². The van der Waals surface area contributed by atoms with Crippen molar-refractivity contribution in [2.24, 2.45) is 5.41 Å². The molecule has 1 atom stereocenters. The Hall–Kier alpha value is 0.440. The molecule has 1 aliphatic heterocycles. The van der Waals surface area contributed by atoms with E-state index in [-0.39, 0.29) is 0 Å². The molecule has 0 radical (unpaired) electrons. The van der Waals surface area contributed by atoms with Gasteiger partial charge in [-0.05, 0) is 44.1 Å². The van der Waals surface area contributed by atoms with Gasteiger partial charge in [0.15, 0.2) is 0 Å². The van der Waals surface area contributed by atoms with Crippen molar-refractivity contribution in [2.75, 3.05) is 18.4 Å². The van der Waals surface area contributed by atoms with E-state index in [0.717, 1.165) is 6.04 Å². The van der Waals surface area contributed by atoms with Crippen LogP contribution >= 0.6 is 15.9 Å². The van der Waals surface area contributed by atoms with Crippen LogP contribution in [0.1, 0.15) is 65.7 Å². The lowest BCUT2D eigenvalue weighted by molar-refractivity contribution is 0.134. The summed E-state index contributed by atoms with van der Waals surface area (Å²) >= 11 is 3.80. The zero-order chi connectivity index (χ0) is 12.7. The molecule has 0 bridgehead atoms. The highest BCUT2D eigenvalue weighted by Crippen LogP contribution is 2.35. The topological polar surface area (TPSA) is 3.24 Å². The number of halogens is 1. The molecule has 102 valence electrons. The summed E-state index contributed by atoms with van der Waals surface area (Å²) in [6.45, 7) is 9.65. The molecule has 0 aromatic rings. The molecule has 0 spiro atoms. The van der Waals surface area contributed by atoms with E-state index in [1.54, 1.807) is 0 Å². The monoisotopic (exact) mass is 303 g/mol. The van der Waals surface area contributed by atoms with Crippen LogP contribution in [-0.4, -0.2) is 29.4 Å². The first-order chi connectivity index (χ1) is 8.21. The van der Waals surface area contributed by atoms with Gasteiger partial charge in [0.05, 0.1) is 0 Å². The molecule has 1 heterocycles. The van der Waals surface area contributed by atoms with Crippen LogP contribution in [0.3, 0.4) is 0 Å². The molecule has 1 nitrogen and oxygen atoms in total. The summed E-state index contributed by atoms with van der Waals surface area (Å²) in [6, 6.07) is 0.863. The van der Waals surface area contributed by atoms with Crippen LogP contribution in [0.4, 0.5) is 0 Å². The Morgan fingerprint density at radius 3 is 2.29 bits per heavy atom. The minimum absolute atomic E-state index is 0.529. The highest BCUT2D eigenvalue weighted by atomic mass is 79.9. The predicted molar refractivity (Wildman–Crippen MR) is 80.9 cm³/mol. The molecule has 1 fully saturated rings. The molecule has 0 aromatic heterocycles. The van der Waals surface area contributed by atoms with Crippen LogP contribution in [-0.2, 0) is 0 Å². The van der Waals surface area contributed by atoms with Gasteiger partial charge >= 0.3 is 0 Å². The smallest absolute Gasteiger partial charge is 0.0100 e. The van der Waals surface area contributed by atoms with Crippen molar-refractivity contribution < 1.29 is 0 Å². The van der Waals surface area contributed by atoms with Gasteiger partial charge in [0, 0.05) is 17.9 Å². The molecule has 0 aromatic carbocycles. The van der Waals surface area contributed by atoms with Gasteiger partial charge in [0.1, 0.15) is 0 Å². The SMILES string of the molecule is CCCC(CBr)(CCC)CN1CCCC1CC. The maximum absolute atomic E-state index is 3.80. The second kappa shape index (κ2) is 7.78. The van der Waals surface area contributed by atoms with Gasteiger partial charge in [-0.3, -0.25) is 4.90 Å². The second-order valence-corrected chi connectivity index (χ2v) is 6.37. The summed E-state index contributed by atoms with van der Waals surface area (Å²) in [7, 11) is 0. The van der Waals surface area contributed by atoms with Gasteiger partial charge in [-0.1, -0.05) is 49.5 Å². The second-order valence-electron chi connectivity index (χ2n) is 5.81. The van der Waals surface area contributed by atoms with Gasteiger partial charge in [-0.25, -0.2) is 0 Å². The molecule has 0 saturated carbocycles. The van der Waals surface area contributed by atoms with E-state index >= 15 is 0 Å². The van der Waals surface area contributed by atoms with Crippen molar-refractivity contribution in [3.63, 3.8) is 0 Å². The summed E-state index contributed by atoms with van der Waals surface area (Å²) < 4.78 is 0. The summed E-state index contributed by atoms with van der Waals surface area (Å²) in [4.78, 5) is 2.77. The summed E-state index contributed by atoms with van der Waals surface area (Å²) in [5.74, 6) is 0. The highest BCUT2D eigenvalue weighted by molar-refractivity contribution is 9.09. The summed E-state index contributed by atoms with van der Waals surface area (Å²) in [6.07, 6.45) is 9.55. The third-order valence-corrected chi connectivity index (χ3v) is 5.54. The molecule has 0 N–H and O–H groups in total. The number of alkyl halides is 1. The van der Waals surface area contributed by atoms with Crippen molar-refractivity contribution in [2.45, 2.75) is 71.8 Å². The number of rotatable bonds is 8. The van der Waals surface area contributed by atoms with Gasteiger partial charge in [0.25, 0.3) is 0 Å². The Morgan fingerprint density at radius 2 is 1.82 bits per heavy atom. The van der Waals surface area contributed by atoms with Crippen molar-refractivity contribution in [3.05, 3.63) is 0 Å². The zero-order valence-corrected chi connectivity index (χ0v) is 13.6. The van der Waals surface area contributed by atoms with Crippen molar-refractivity contribution in [1.82, 2.24) is 4.90 Å². The van der Waals surface area contributed by atoms with Gasteiger partial charge < -0.3 is 0 Å². The first kappa shape index (κ1) is 15.5. The van der Waals surface area contributed by atoms with Crippen molar-refractivity contribution >= 4 is 15.9 Å². The fourth-order valence-corrected chi connectivity index (χ4v) is 4.25. The Labute approximate surface area is 116 Å². The first-order valence-electron chi connectivity index (χ1n) is 7.51. The molecule has 1 rings (SSSR count). The molecule has 0 aliphatic carbocycles. The number of hydrogen-bond acceptors (Lipinski definition) is 1. The number of likely N-dealkylation sites (tertiary alicyclic amines) is 1. The Morgan fingerprint density at radius 1 is 1.18 bits per heavy atom. The summed E-state index contributed by atoms with van der Waals surface area (Å²) in [5.41, 5.74) is 0.529. The molecule has 1 unspecified atom stereocenters. The van der Waals surface area contributed by atoms with Crippen LogP contribution in [0.5, 0.6) is 0 Å². The van der Waals surface area contributed by atoms with E-state index in [9.17, 15) is 0 Å². The fourth-order valence-electron chi connectivity index (χ4n) is 3.52. The van der Waals surface area contributed by atoms with Gasteiger partial charge in [0.2, 0.25) is 0 Å². The van der Waals surface area contributed by atoms with E-state index in [2.05, 4.69) is 41.6 Å². The lowest BCUT2D eigenvalue weighted by atomic mass is 9.80. The Bertz CT molecular complexity index is 199. The van der Waals surface area contributed by atoms with Gasteiger partial charge in [-0.2, -0.15) is 0 Å². The molecule has 1 aliphatic rings. The van der Waals surface area contributed by atoms with Crippen LogP contribution < -0.4 is 0 Å². The van der Waals surface area contributed by atoms with Crippen LogP contribution in [0, 0.1) is 5.41 Å². The van der Waals surface area contributed by atoms with E-state index in [4.69, 9.17) is 0 Å². The first-order valence-corrected chi connectivity index (χ1v) is 8.63. The molecule has 17 heavy (non-hydrogen) atoms. The van der Waals surface area contributed by atoms with Crippen molar-refractivity contribution in [1.29, 1.82) is 0 Å². The molecule has 1 saturated heterocycles. The minimum atomic E-state index is 0.529. The number of hydrogen-bond donors (Lipinski definition) is 0. The molecule has 0 amide bonds. The molecule has 2 heteroatoms.